The van der Waals surface area contributed by atoms with Crippen LogP contribution in [-0.2, 0) is 7.05 Å². The molecule has 7 heteroatoms. The maximum Gasteiger partial charge on any atom is 0.218 e. The van der Waals surface area contributed by atoms with Crippen molar-refractivity contribution in [2.45, 2.75) is 19.4 Å². The topological polar surface area (TPSA) is 64.9 Å². The van der Waals surface area contributed by atoms with Gasteiger partial charge in [0.05, 0.1) is 18.8 Å². The number of aryl methyl sites for hydroxylation is 1. The first-order valence-electron chi connectivity index (χ1n) is 6.46. The molecule has 2 heterocycles. The minimum absolute atomic E-state index is 0.0759. The van der Waals surface area contributed by atoms with Gasteiger partial charge in [-0.1, -0.05) is 18.2 Å². The van der Waals surface area contributed by atoms with Crippen LogP contribution in [0.2, 0.25) is 0 Å². The summed E-state index contributed by atoms with van der Waals surface area (Å²) in [6, 6.07) is 3.82. The third kappa shape index (κ3) is 2.99. The van der Waals surface area contributed by atoms with Crippen LogP contribution >= 0.6 is 15.9 Å². The molecule has 0 aromatic carbocycles. The van der Waals surface area contributed by atoms with Crippen molar-refractivity contribution in [2.75, 3.05) is 13.7 Å². The van der Waals surface area contributed by atoms with Gasteiger partial charge in [0.15, 0.2) is 4.60 Å². The Morgan fingerprint density at radius 3 is 2.90 bits per heavy atom. The molecule has 0 bridgehead atoms. The summed E-state index contributed by atoms with van der Waals surface area (Å²) >= 11 is 3.46. The van der Waals surface area contributed by atoms with E-state index in [1.54, 1.807) is 18.0 Å². The monoisotopic (exact) mass is 339 g/mol. The Balaban J connectivity index is 2.47. The second-order valence-electron chi connectivity index (χ2n) is 4.38. The molecule has 1 N–H and O–H groups in total. The summed E-state index contributed by atoms with van der Waals surface area (Å²) in [6.45, 7) is 3.00. The summed E-state index contributed by atoms with van der Waals surface area (Å²) in [6.07, 6.45) is 2.75. The third-order valence-electron chi connectivity index (χ3n) is 3.00. The number of nitrogens with zero attached hydrogens (tertiary/aromatic N) is 4. The van der Waals surface area contributed by atoms with Crippen LogP contribution in [0.3, 0.4) is 0 Å². The molecule has 2 aromatic rings. The SMILES string of the molecule is CCCNC(c1cccnc1OC)c1c(Br)nnn1C. The number of pyridine rings is 1. The van der Waals surface area contributed by atoms with Crippen LogP contribution in [-0.4, -0.2) is 33.6 Å². The Hall–Kier alpha value is -1.47. The third-order valence-corrected chi connectivity index (χ3v) is 3.57. The zero-order valence-electron chi connectivity index (χ0n) is 11.8. The molecular weight excluding hydrogens is 322 g/mol. The number of ether oxygens (including phenoxy) is 1. The lowest BCUT2D eigenvalue weighted by Gasteiger charge is -2.20. The number of aromatic nitrogens is 4. The van der Waals surface area contributed by atoms with Gasteiger partial charge in [0.25, 0.3) is 0 Å². The van der Waals surface area contributed by atoms with E-state index in [4.69, 9.17) is 4.74 Å². The van der Waals surface area contributed by atoms with Gasteiger partial charge in [-0.15, -0.1) is 5.10 Å². The lowest BCUT2D eigenvalue weighted by Crippen LogP contribution is -2.26. The van der Waals surface area contributed by atoms with Gasteiger partial charge < -0.3 is 10.1 Å². The van der Waals surface area contributed by atoms with E-state index in [2.05, 4.69) is 43.5 Å². The molecule has 0 saturated heterocycles. The zero-order valence-corrected chi connectivity index (χ0v) is 13.4. The van der Waals surface area contributed by atoms with Crippen molar-refractivity contribution in [2.24, 2.45) is 7.05 Å². The van der Waals surface area contributed by atoms with Crippen molar-refractivity contribution < 1.29 is 4.74 Å². The van der Waals surface area contributed by atoms with Crippen molar-refractivity contribution in [1.29, 1.82) is 0 Å². The van der Waals surface area contributed by atoms with Gasteiger partial charge in [-0.3, -0.25) is 0 Å². The average molecular weight is 340 g/mol. The molecule has 0 saturated carbocycles. The van der Waals surface area contributed by atoms with Crippen LogP contribution in [0.15, 0.2) is 22.9 Å². The van der Waals surface area contributed by atoms with Crippen molar-refractivity contribution >= 4 is 15.9 Å². The number of methoxy groups -OCH3 is 1. The van der Waals surface area contributed by atoms with E-state index in [9.17, 15) is 0 Å². The van der Waals surface area contributed by atoms with Gasteiger partial charge in [-0.2, -0.15) is 0 Å². The van der Waals surface area contributed by atoms with E-state index < -0.39 is 0 Å². The zero-order chi connectivity index (χ0) is 14.5. The number of hydrogen-bond acceptors (Lipinski definition) is 5. The van der Waals surface area contributed by atoms with E-state index in [-0.39, 0.29) is 6.04 Å². The van der Waals surface area contributed by atoms with Gasteiger partial charge in [-0.25, -0.2) is 9.67 Å². The van der Waals surface area contributed by atoms with Crippen LogP contribution in [0, 0.1) is 0 Å². The number of halogens is 1. The molecule has 20 heavy (non-hydrogen) atoms. The summed E-state index contributed by atoms with van der Waals surface area (Å²) in [7, 11) is 3.50. The van der Waals surface area contributed by atoms with E-state index in [1.807, 2.05) is 19.2 Å². The molecule has 0 amide bonds. The van der Waals surface area contributed by atoms with Gasteiger partial charge in [-0.05, 0) is 35.0 Å². The molecule has 2 rings (SSSR count). The highest BCUT2D eigenvalue weighted by Crippen LogP contribution is 2.31. The lowest BCUT2D eigenvalue weighted by molar-refractivity contribution is 0.385. The lowest BCUT2D eigenvalue weighted by atomic mass is 10.1. The molecule has 108 valence electrons. The number of rotatable bonds is 6. The van der Waals surface area contributed by atoms with E-state index in [0.717, 1.165) is 28.8 Å². The normalized spacial score (nSPS) is 12.4. The Morgan fingerprint density at radius 1 is 1.50 bits per heavy atom. The summed E-state index contributed by atoms with van der Waals surface area (Å²) in [4.78, 5) is 4.27. The first-order chi connectivity index (χ1) is 9.69. The fourth-order valence-corrected chi connectivity index (χ4v) is 2.64. The largest absolute Gasteiger partial charge is 0.481 e. The van der Waals surface area contributed by atoms with Gasteiger partial charge in [0, 0.05) is 18.8 Å². The van der Waals surface area contributed by atoms with Crippen LogP contribution in [0.4, 0.5) is 0 Å². The highest BCUT2D eigenvalue weighted by atomic mass is 79.9. The summed E-state index contributed by atoms with van der Waals surface area (Å²) in [5.74, 6) is 0.606. The predicted molar refractivity (Wildman–Crippen MR) is 79.6 cm³/mol. The van der Waals surface area contributed by atoms with Crippen molar-refractivity contribution in [3.8, 4) is 5.88 Å². The highest BCUT2D eigenvalue weighted by molar-refractivity contribution is 9.10. The highest BCUT2D eigenvalue weighted by Gasteiger charge is 2.24. The Kier molecular flexibility index (Phi) is 5.08. The molecule has 2 aromatic heterocycles. The average Bonchev–Trinajstić information content (AvgIpc) is 2.80. The molecule has 0 aliphatic heterocycles. The predicted octanol–water partition coefficient (Wildman–Crippen LogP) is 2.07. The standard InChI is InChI=1S/C13H18BrN5O/c1-4-7-15-10(11-12(14)17-18-19(11)2)9-6-5-8-16-13(9)20-3/h5-6,8,10,15H,4,7H2,1-3H3. The first-order valence-corrected chi connectivity index (χ1v) is 7.25. The minimum Gasteiger partial charge on any atom is -0.481 e. The van der Waals surface area contributed by atoms with Crippen molar-refractivity contribution in [1.82, 2.24) is 25.3 Å². The minimum atomic E-state index is -0.0759. The molecule has 1 unspecified atom stereocenters. The van der Waals surface area contributed by atoms with Crippen LogP contribution in [0.25, 0.3) is 0 Å². The van der Waals surface area contributed by atoms with Crippen LogP contribution in [0.1, 0.15) is 30.6 Å². The Morgan fingerprint density at radius 2 is 2.30 bits per heavy atom. The maximum atomic E-state index is 5.37. The maximum absolute atomic E-state index is 5.37. The Labute approximate surface area is 126 Å². The summed E-state index contributed by atoms with van der Waals surface area (Å²) in [5.41, 5.74) is 1.92. The molecule has 0 fully saturated rings. The molecule has 1 atom stereocenters. The second kappa shape index (κ2) is 6.81. The van der Waals surface area contributed by atoms with Crippen molar-refractivity contribution in [3.05, 3.63) is 34.2 Å². The number of nitrogens with one attached hydrogen (secondary N) is 1. The first kappa shape index (κ1) is 14.9. The smallest absolute Gasteiger partial charge is 0.218 e. The molecular formula is C13H18BrN5O. The molecule has 6 nitrogen and oxygen atoms in total. The van der Waals surface area contributed by atoms with Crippen molar-refractivity contribution in [3.63, 3.8) is 0 Å². The van der Waals surface area contributed by atoms with E-state index in [0.29, 0.717) is 5.88 Å². The quantitative estimate of drug-likeness (QED) is 0.872. The number of hydrogen-bond donors (Lipinski definition) is 1. The molecule has 0 aliphatic carbocycles. The van der Waals surface area contributed by atoms with E-state index >= 15 is 0 Å². The molecule has 0 aliphatic rings. The van der Waals surface area contributed by atoms with E-state index in [1.165, 1.54) is 0 Å². The van der Waals surface area contributed by atoms with Crippen LogP contribution < -0.4 is 10.1 Å². The Bertz CT molecular complexity index is 552. The summed E-state index contributed by atoms with van der Waals surface area (Å²) < 4.78 is 7.84. The summed E-state index contributed by atoms with van der Waals surface area (Å²) in [5, 5.41) is 11.6. The fraction of sp³-hybridized carbons (Fsp3) is 0.462. The van der Waals surface area contributed by atoms with Gasteiger partial charge in [0.1, 0.15) is 0 Å². The van der Waals surface area contributed by atoms with Crippen LogP contribution in [0.5, 0.6) is 5.88 Å². The second-order valence-corrected chi connectivity index (χ2v) is 5.13. The molecule has 0 spiro atoms. The van der Waals surface area contributed by atoms with Gasteiger partial charge >= 0.3 is 0 Å². The van der Waals surface area contributed by atoms with Gasteiger partial charge in [0.2, 0.25) is 5.88 Å². The fourth-order valence-electron chi connectivity index (χ4n) is 2.08. The molecule has 0 radical (unpaired) electrons.